The van der Waals surface area contributed by atoms with Gasteiger partial charge < -0.3 is 15.3 Å². The molecule has 2 N–H and O–H groups in total. The van der Waals surface area contributed by atoms with Crippen LogP contribution in [0.4, 0.5) is 5.69 Å². The Morgan fingerprint density at radius 1 is 1.56 bits per heavy atom. The minimum Gasteiger partial charge on any atom is -0.478 e. The molecular weight excluding hydrogens is 252 g/mol. The number of piperidine rings is 1. The number of carboxylic acids is 1. The SMILES string of the molecule is CN1CCCC(Nc2cccc(Cl)c2C(=O)O)C1. The third-order valence-electron chi connectivity index (χ3n) is 3.21. The molecule has 1 aromatic carbocycles. The van der Waals surface area contributed by atoms with Crippen molar-refractivity contribution in [3.05, 3.63) is 28.8 Å². The fourth-order valence-electron chi connectivity index (χ4n) is 2.37. The van der Waals surface area contributed by atoms with Crippen molar-refractivity contribution in [1.29, 1.82) is 0 Å². The number of likely N-dealkylation sites (tertiary alicyclic amines) is 1. The number of likely N-dealkylation sites (N-methyl/N-ethyl adjacent to an activating group) is 1. The number of carbonyl (C=O) groups is 1. The molecule has 5 heteroatoms. The average Bonchev–Trinajstić information content (AvgIpc) is 2.28. The van der Waals surface area contributed by atoms with Crippen LogP contribution < -0.4 is 5.32 Å². The smallest absolute Gasteiger partial charge is 0.339 e. The molecule has 0 aliphatic carbocycles. The standard InChI is InChI=1S/C13H17ClN2O2/c1-16-7-3-4-9(8-16)15-11-6-2-5-10(14)12(11)13(17)18/h2,5-6,9,15H,3-4,7-8H2,1H3,(H,17,18). The molecule has 1 saturated heterocycles. The van der Waals surface area contributed by atoms with Gasteiger partial charge in [0, 0.05) is 12.6 Å². The molecule has 1 heterocycles. The van der Waals surface area contributed by atoms with Gasteiger partial charge in [-0.05, 0) is 38.6 Å². The monoisotopic (exact) mass is 268 g/mol. The molecule has 1 aromatic rings. The van der Waals surface area contributed by atoms with E-state index in [1.807, 2.05) is 0 Å². The first-order chi connectivity index (χ1) is 8.58. The second kappa shape index (κ2) is 5.59. The highest BCUT2D eigenvalue weighted by Crippen LogP contribution is 2.26. The van der Waals surface area contributed by atoms with Crippen molar-refractivity contribution < 1.29 is 9.90 Å². The predicted octanol–water partition coefficient (Wildman–Crippen LogP) is 2.54. The minimum atomic E-state index is -0.993. The Morgan fingerprint density at radius 2 is 2.33 bits per heavy atom. The van der Waals surface area contributed by atoms with Gasteiger partial charge in [0.2, 0.25) is 0 Å². The van der Waals surface area contributed by atoms with Gasteiger partial charge in [0.05, 0.1) is 10.7 Å². The molecule has 0 saturated carbocycles. The molecule has 1 unspecified atom stereocenters. The number of hydrogen-bond donors (Lipinski definition) is 2. The third kappa shape index (κ3) is 2.94. The molecule has 0 amide bonds. The number of hydrogen-bond acceptors (Lipinski definition) is 3. The van der Waals surface area contributed by atoms with Gasteiger partial charge in [0.25, 0.3) is 0 Å². The summed E-state index contributed by atoms with van der Waals surface area (Å²) in [6, 6.07) is 5.41. The summed E-state index contributed by atoms with van der Waals surface area (Å²) < 4.78 is 0. The fourth-order valence-corrected chi connectivity index (χ4v) is 2.62. The normalized spacial score (nSPS) is 20.7. The van der Waals surface area contributed by atoms with Crippen LogP contribution in [0.5, 0.6) is 0 Å². The predicted molar refractivity (Wildman–Crippen MR) is 72.6 cm³/mol. The van der Waals surface area contributed by atoms with Gasteiger partial charge in [-0.3, -0.25) is 0 Å². The Balaban J connectivity index is 2.18. The highest BCUT2D eigenvalue weighted by Gasteiger charge is 2.20. The third-order valence-corrected chi connectivity index (χ3v) is 3.53. The van der Waals surface area contributed by atoms with E-state index in [-0.39, 0.29) is 16.6 Å². The van der Waals surface area contributed by atoms with Gasteiger partial charge in [-0.25, -0.2) is 4.79 Å². The maximum atomic E-state index is 11.2. The van der Waals surface area contributed by atoms with E-state index in [0.29, 0.717) is 5.69 Å². The molecule has 1 aliphatic heterocycles. The van der Waals surface area contributed by atoms with Crippen molar-refractivity contribution in [2.75, 3.05) is 25.5 Å². The fraction of sp³-hybridized carbons (Fsp3) is 0.462. The lowest BCUT2D eigenvalue weighted by atomic mass is 10.0. The molecule has 1 fully saturated rings. The summed E-state index contributed by atoms with van der Waals surface area (Å²) in [5.41, 5.74) is 0.766. The van der Waals surface area contributed by atoms with Crippen LogP contribution in [-0.4, -0.2) is 42.2 Å². The molecule has 0 spiro atoms. The van der Waals surface area contributed by atoms with Crippen LogP contribution in [0.3, 0.4) is 0 Å². The molecular formula is C13H17ClN2O2. The maximum absolute atomic E-state index is 11.2. The van der Waals surface area contributed by atoms with Gasteiger partial charge in [0.15, 0.2) is 0 Å². The summed E-state index contributed by atoms with van der Waals surface area (Å²) >= 11 is 5.94. The van der Waals surface area contributed by atoms with E-state index in [2.05, 4.69) is 17.3 Å². The van der Waals surface area contributed by atoms with Crippen LogP contribution >= 0.6 is 11.6 Å². The first-order valence-electron chi connectivity index (χ1n) is 6.05. The molecule has 18 heavy (non-hydrogen) atoms. The molecule has 98 valence electrons. The number of anilines is 1. The van der Waals surface area contributed by atoms with Crippen molar-refractivity contribution >= 4 is 23.3 Å². The number of halogens is 1. The number of benzene rings is 1. The molecule has 1 aliphatic rings. The quantitative estimate of drug-likeness (QED) is 0.885. The highest BCUT2D eigenvalue weighted by molar-refractivity contribution is 6.34. The summed E-state index contributed by atoms with van der Waals surface area (Å²) in [6.07, 6.45) is 2.17. The number of nitrogens with one attached hydrogen (secondary N) is 1. The van der Waals surface area contributed by atoms with E-state index in [0.717, 1.165) is 25.9 Å². The Kier molecular flexibility index (Phi) is 4.09. The zero-order valence-corrected chi connectivity index (χ0v) is 11.1. The molecule has 4 nitrogen and oxygen atoms in total. The van der Waals surface area contributed by atoms with Crippen LogP contribution in [-0.2, 0) is 0 Å². The van der Waals surface area contributed by atoms with Gasteiger partial charge in [0.1, 0.15) is 5.56 Å². The summed E-state index contributed by atoms with van der Waals surface area (Å²) in [6.45, 7) is 2.02. The molecule has 0 radical (unpaired) electrons. The van der Waals surface area contributed by atoms with Gasteiger partial charge >= 0.3 is 5.97 Å². The van der Waals surface area contributed by atoms with E-state index in [1.54, 1.807) is 18.2 Å². The summed E-state index contributed by atoms with van der Waals surface area (Å²) in [4.78, 5) is 13.5. The van der Waals surface area contributed by atoms with Crippen molar-refractivity contribution in [1.82, 2.24) is 4.90 Å². The lowest BCUT2D eigenvalue weighted by molar-refractivity contribution is 0.0698. The van der Waals surface area contributed by atoms with Crippen LogP contribution in [0.25, 0.3) is 0 Å². The van der Waals surface area contributed by atoms with Gasteiger partial charge in [-0.1, -0.05) is 17.7 Å². The zero-order valence-electron chi connectivity index (χ0n) is 10.3. The van der Waals surface area contributed by atoms with Crippen LogP contribution in [0, 0.1) is 0 Å². The van der Waals surface area contributed by atoms with E-state index in [4.69, 9.17) is 11.6 Å². The van der Waals surface area contributed by atoms with E-state index in [9.17, 15) is 9.90 Å². The first-order valence-corrected chi connectivity index (χ1v) is 6.42. The topological polar surface area (TPSA) is 52.6 Å². The lowest BCUT2D eigenvalue weighted by Gasteiger charge is -2.31. The Bertz CT molecular complexity index is 451. The number of carboxylic acid groups (broad SMARTS) is 1. The number of rotatable bonds is 3. The van der Waals surface area contributed by atoms with Crippen molar-refractivity contribution in [2.45, 2.75) is 18.9 Å². The van der Waals surface area contributed by atoms with Crippen LogP contribution in [0.15, 0.2) is 18.2 Å². The minimum absolute atomic E-state index is 0.160. The van der Waals surface area contributed by atoms with Crippen molar-refractivity contribution in [2.24, 2.45) is 0 Å². The van der Waals surface area contributed by atoms with Gasteiger partial charge in [-0.2, -0.15) is 0 Å². The molecule has 2 rings (SSSR count). The van der Waals surface area contributed by atoms with E-state index < -0.39 is 5.97 Å². The first kappa shape index (κ1) is 13.2. The second-order valence-electron chi connectivity index (χ2n) is 4.71. The summed E-state index contributed by atoms with van der Waals surface area (Å²) in [7, 11) is 2.07. The molecule has 0 aromatic heterocycles. The van der Waals surface area contributed by atoms with Crippen LogP contribution in [0.2, 0.25) is 5.02 Å². The Morgan fingerprint density at radius 3 is 3.00 bits per heavy atom. The Labute approximate surface area is 112 Å². The number of aromatic carboxylic acids is 1. The van der Waals surface area contributed by atoms with E-state index in [1.165, 1.54) is 0 Å². The summed E-state index contributed by atoms with van der Waals surface area (Å²) in [5.74, 6) is -0.993. The van der Waals surface area contributed by atoms with Crippen molar-refractivity contribution in [3.63, 3.8) is 0 Å². The van der Waals surface area contributed by atoms with Crippen LogP contribution in [0.1, 0.15) is 23.2 Å². The largest absolute Gasteiger partial charge is 0.478 e. The maximum Gasteiger partial charge on any atom is 0.339 e. The van der Waals surface area contributed by atoms with E-state index >= 15 is 0 Å². The molecule has 1 atom stereocenters. The summed E-state index contributed by atoms with van der Waals surface area (Å²) in [5, 5.41) is 12.8. The zero-order chi connectivity index (χ0) is 13.1. The molecule has 0 bridgehead atoms. The average molecular weight is 269 g/mol. The van der Waals surface area contributed by atoms with Gasteiger partial charge in [-0.15, -0.1) is 0 Å². The number of nitrogens with zero attached hydrogens (tertiary/aromatic N) is 1. The Hall–Kier alpha value is -1.26. The highest BCUT2D eigenvalue weighted by atomic mass is 35.5. The second-order valence-corrected chi connectivity index (χ2v) is 5.12. The lowest BCUT2D eigenvalue weighted by Crippen LogP contribution is -2.40. The van der Waals surface area contributed by atoms with Crippen molar-refractivity contribution in [3.8, 4) is 0 Å².